The number of carbonyl (C=O) groups is 1. The van der Waals surface area contributed by atoms with Crippen LogP contribution in [0, 0.1) is 11.3 Å². The number of hydrogen-bond donors (Lipinski definition) is 1. The second kappa shape index (κ2) is 10.0. The Kier molecular flexibility index (Phi) is 6.45. The fourth-order valence-electron chi connectivity index (χ4n) is 4.05. The number of fused-ring (bicyclic) bond motifs is 1. The highest BCUT2D eigenvalue weighted by Crippen LogP contribution is 2.33. The van der Waals surface area contributed by atoms with Gasteiger partial charge in [-0.25, -0.2) is 9.97 Å². The van der Waals surface area contributed by atoms with Crippen LogP contribution in [0.1, 0.15) is 17.4 Å². The van der Waals surface area contributed by atoms with Crippen LogP contribution in [0.3, 0.4) is 0 Å². The molecule has 184 valence electrons. The standard InChI is InChI=1S/C26H19ClN6O4/c1-36-23-14-33(25(34)10-21(23)20-8-17(27)3-2-16(20)11-28)22(9-19-12-29-15-37-19)26(35)31-18-4-5-24-30-6-7-32(24)13-18/h2-8,10,12-15,22H,9H2,1H3,(H,31,35). The Morgan fingerprint density at radius 2 is 2.11 bits per heavy atom. The molecule has 5 rings (SSSR count). The number of methoxy groups -OCH3 is 1. The molecule has 0 aliphatic heterocycles. The lowest BCUT2D eigenvalue weighted by Crippen LogP contribution is -2.34. The smallest absolute Gasteiger partial charge is 0.252 e. The van der Waals surface area contributed by atoms with Crippen molar-refractivity contribution in [3.63, 3.8) is 0 Å². The van der Waals surface area contributed by atoms with Gasteiger partial charge in [-0.1, -0.05) is 11.6 Å². The summed E-state index contributed by atoms with van der Waals surface area (Å²) >= 11 is 6.16. The van der Waals surface area contributed by atoms with E-state index in [9.17, 15) is 14.9 Å². The summed E-state index contributed by atoms with van der Waals surface area (Å²) in [6.45, 7) is 0. The molecule has 0 spiro atoms. The van der Waals surface area contributed by atoms with Crippen molar-refractivity contribution in [3.8, 4) is 22.9 Å². The largest absolute Gasteiger partial charge is 0.495 e. The summed E-state index contributed by atoms with van der Waals surface area (Å²) in [5.74, 6) is 0.253. The number of nitrogens with one attached hydrogen (secondary N) is 1. The van der Waals surface area contributed by atoms with E-state index in [1.54, 1.807) is 53.3 Å². The Balaban J connectivity index is 1.57. The predicted octanol–water partition coefficient (Wildman–Crippen LogP) is 4.11. The molecule has 4 heterocycles. The highest BCUT2D eigenvalue weighted by Gasteiger charge is 2.26. The van der Waals surface area contributed by atoms with Gasteiger partial charge < -0.3 is 18.9 Å². The number of aromatic nitrogens is 4. The average Bonchev–Trinajstić information content (AvgIpc) is 3.59. The number of pyridine rings is 2. The number of oxazole rings is 1. The molecular formula is C26H19ClN6O4. The molecule has 1 aromatic carbocycles. The lowest BCUT2D eigenvalue weighted by molar-refractivity contribution is -0.119. The van der Waals surface area contributed by atoms with Crippen molar-refractivity contribution in [2.45, 2.75) is 12.5 Å². The Hall–Kier alpha value is -4.88. The number of nitriles is 1. The summed E-state index contributed by atoms with van der Waals surface area (Å²) in [5, 5.41) is 12.8. The van der Waals surface area contributed by atoms with Gasteiger partial charge in [-0.05, 0) is 30.3 Å². The molecule has 1 atom stereocenters. The fourth-order valence-corrected chi connectivity index (χ4v) is 4.22. The van der Waals surface area contributed by atoms with Crippen molar-refractivity contribution >= 4 is 28.8 Å². The van der Waals surface area contributed by atoms with E-state index in [0.29, 0.717) is 33.2 Å². The van der Waals surface area contributed by atoms with Crippen LogP contribution in [0.25, 0.3) is 16.8 Å². The maximum absolute atomic E-state index is 13.5. The van der Waals surface area contributed by atoms with Crippen molar-refractivity contribution in [2.75, 3.05) is 12.4 Å². The Morgan fingerprint density at radius 1 is 1.24 bits per heavy atom. The van der Waals surface area contributed by atoms with Crippen LogP contribution in [0.2, 0.25) is 5.02 Å². The highest BCUT2D eigenvalue weighted by atomic mass is 35.5. The molecule has 37 heavy (non-hydrogen) atoms. The maximum Gasteiger partial charge on any atom is 0.252 e. The lowest BCUT2D eigenvalue weighted by atomic mass is 10.00. The zero-order chi connectivity index (χ0) is 25.9. The first-order chi connectivity index (χ1) is 18.0. The number of halogens is 1. The molecule has 1 unspecified atom stereocenters. The van der Waals surface area contributed by atoms with Gasteiger partial charge in [0.1, 0.15) is 23.2 Å². The number of ether oxygens (including phenoxy) is 1. The minimum atomic E-state index is -1.00. The molecule has 0 saturated carbocycles. The Labute approximate surface area is 215 Å². The molecule has 0 saturated heterocycles. The van der Waals surface area contributed by atoms with Crippen LogP contribution in [0.15, 0.2) is 83.0 Å². The third-order valence-corrected chi connectivity index (χ3v) is 6.06. The zero-order valence-corrected chi connectivity index (χ0v) is 20.2. The summed E-state index contributed by atoms with van der Waals surface area (Å²) in [4.78, 5) is 35.0. The molecular weight excluding hydrogens is 496 g/mol. The van der Waals surface area contributed by atoms with E-state index < -0.39 is 17.5 Å². The van der Waals surface area contributed by atoms with Gasteiger partial charge in [0, 0.05) is 47.2 Å². The van der Waals surface area contributed by atoms with Crippen LogP contribution < -0.4 is 15.6 Å². The second-order valence-corrected chi connectivity index (χ2v) is 8.53. The number of benzene rings is 1. The van der Waals surface area contributed by atoms with Crippen LogP contribution in [0.5, 0.6) is 5.75 Å². The van der Waals surface area contributed by atoms with E-state index in [2.05, 4.69) is 21.4 Å². The van der Waals surface area contributed by atoms with E-state index in [1.807, 2.05) is 0 Å². The molecule has 0 bridgehead atoms. The molecule has 1 amide bonds. The second-order valence-electron chi connectivity index (χ2n) is 8.09. The number of rotatable bonds is 7. The number of carbonyl (C=O) groups excluding carboxylic acids is 1. The molecule has 0 aliphatic carbocycles. The van der Waals surface area contributed by atoms with Crippen LogP contribution in [-0.4, -0.2) is 32.0 Å². The molecule has 5 aromatic rings. The fraction of sp³-hybridized carbons (Fsp3) is 0.115. The highest BCUT2D eigenvalue weighted by molar-refractivity contribution is 6.31. The topological polar surface area (TPSA) is 127 Å². The SMILES string of the molecule is COc1cn(C(Cc2cnco2)C(=O)Nc2ccc3nccn3c2)c(=O)cc1-c1cc(Cl)ccc1C#N. The maximum atomic E-state index is 13.5. The van der Waals surface area contributed by atoms with E-state index in [4.69, 9.17) is 20.8 Å². The molecule has 1 N–H and O–H groups in total. The van der Waals surface area contributed by atoms with Crippen molar-refractivity contribution in [1.82, 2.24) is 18.9 Å². The number of nitrogens with zero attached hydrogens (tertiary/aromatic N) is 5. The van der Waals surface area contributed by atoms with Crippen molar-refractivity contribution < 1.29 is 13.9 Å². The summed E-state index contributed by atoms with van der Waals surface area (Å²) in [7, 11) is 1.44. The third-order valence-electron chi connectivity index (χ3n) is 5.83. The molecule has 0 fully saturated rings. The van der Waals surface area contributed by atoms with Gasteiger partial charge in [0.25, 0.3) is 5.56 Å². The van der Waals surface area contributed by atoms with Gasteiger partial charge in [-0.3, -0.25) is 14.2 Å². The molecule has 11 heteroatoms. The van der Waals surface area contributed by atoms with Gasteiger partial charge in [-0.15, -0.1) is 0 Å². The summed E-state index contributed by atoms with van der Waals surface area (Å²) in [6.07, 6.45) is 9.38. The number of hydrogen-bond acceptors (Lipinski definition) is 7. The monoisotopic (exact) mass is 514 g/mol. The normalized spacial score (nSPS) is 11.7. The zero-order valence-electron chi connectivity index (χ0n) is 19.5. The van der Waals surface area contributed by atoms with Crippen molar-refractivity contribution in [2.24, 2.45) is 0 Å². The van der Waals surface area contributed by atoms with Gasteiger partial charge in [0.15, 0.2) is 6.39 Å². The summed E-state index contributed by atoms with van der Waals surface area (Å²) in [6, 6.07) is 10.7. The number of amides is 1. The van der Waals surface area contributed by atoms with E-state index in [-0.39, 0.29) is 12.2 Å². The average molecular weight is 515 g/mol. The van der Waals surface area contributed by atoms with E-state index in [1.165, 1.54) is 36.5 Å². The summed E-state index contributed by atoms with van der Waals surface area (Å²) < 4.78 is 14.0. The van der Waals surface area contributed by atoms with E-state index in [0.717, 1.165) is 5.65 Å². The Bertz CT molecular complexity index is 1700. The Morgan fingerprint density at radius 3 is 2.86 bits per heavy atom. The van der Waals surface area contributed by atoms with E-state index >= 15 is 0 Å². The number of imidazole rings is 1. The first-order valence-electron chi connectivity index (χ1n) is 11.1. The van der Waals surface area contributed by atoms with Gasteiger partial charge in [0.2, 0.25) is 5.91 Å². The lowest BCUT2D eigenvalue weighted by Gasteiger charge is -2.21. The molecule has 0 aliphatic rings. The van der Waals surface area contributed by atoms with Crippen molar-refractivity contribution in [1.29, 1.82) is 5.26 Å². The van der Waals surface area contributed by atoms with Gasteiger partial charge in [-0.2, -0.15) is 5.26 Å². The molecule has 0 radical (unpaired) electrons. The van der Waals surface area contributed by atoms with Gasteiger partial charge in [0.05, 0.1) is 36.8 Å². The van der Waals surface area contributed by atoms with Gasteiger partial charge >= 0.3 is 0 Å². The molecule has 4 aromatic heterocycles. The molecule has 10 nitrogen and oxygen atoms in total. The third kappa shape index (κ3) is 4.80. The van der Waals surface area contributed by atoms with Crippen LogP contribution in [-0.2, 0) is 11.2 Å². The van der Waals surface area contributed by atoms with Crippen LogP contribution >= 0.6 is 11.6 Å². The van der Waals surface area contributed by atoms with Crippen molar-refractivity contribution in [3.05, 3.63) is 100 Å². The minimum Gasteiger partial charge on any atom is -0.495 e. The number of anilines is 1. The first kappa shape index (κ1) is 23.8. The minimum absolute atomic E-state index is 0.0577. The quantitative estimate of drug-likeness (QED) is 0.346. The van der Waals surface area contributed by atoms with Crippen LogP contribution in [0.4, 0.5) is 5.69 Å². The summed E-state index contributed by atoms with van der Waals surface area (Å²) in [5.41, 5.74) is 1.92. The first-order valence-corrected chi connectivity index (χ1v) is 11.5. The predicted molar refractivity (Wildman–Crippen MR) is 135 cm³/mol.